The van der Waals surface area contributed by atoms with Gasteiger partial charge in [0.2, 0.25) is 0 Å². The zero-order chi connectivity index (χ0) is 12.5. The summed E-state index contributed by atoms with van der Waals surface area (Å²) in [6, 6.07) is 8.12. The van der Waals surface area contributed by atoms with Crippen molar-refractivity contribution in [1.82, 2.24) is 0 Å². The molecule has 3 heteroatoms. The number of benzene rings is 1. The molecule has 0 aromatic heterocycles. The highest BCUT2D eigenvalue weighted by atomic mass is 32.2. The summed E-state index contributed by atoms with van der Waals surface area (Å²) in [6.07, 6.45) is 5.84. The topological polar surface area (TPSA) is 35.8 Å². The molecule has 1 aromatic carbocycles. The van der Waals surface area contributed by atoms with E-state index in [0.29, 0.717) is 0 Å². The molecule has 0 radical (unpaired) electrons. The molecule has 92 valence electrons. The van der Waals surface area contributed by atoms with Crippen LogP contribution in [0.2, 0.25) is 0 Å². The quantitative estimate of drug-likeness (QED) is 0.745. The summed E-state index contributed by atoms with van der Waals surface area (Å²) in [5.41, 5.74) is 2.89. The largest absolute Gasteiger partial charge is 0.384 e. The second-order valence-electron chi connectivity index (χ2n) is 4.14. The predicted octanol–water partition coefficient (Wildman–Crippen LogP) is 3.81. The summed E-state index contributed by atoms with van der Waals surface area (Å²) in [5.74, 6) is 1.24. The van der Waals surface area contributed by atoms with Crippen molar-refractivity contribution >= 4 is 17.4 Å². The van der Waals surface area contributed by atoms with E-state index in [-0.39, 0.29) is 0 Å². The number of anilines is 1. The van der Waals surface area contributed by atoms with Crippen molar-refractivity contribution in [2.24, 2.45) is 0 Å². The number of nitrogens with zero attached hydrogens (tertiary/aromatic N) is 1. The zero-order valence-electron chi connectivity index (χ0n) is 10.6. The van der Waals surface area contributed by atoms with E-state index in [2.05, 4.69) is 17.6 Å². The molecule has 0 aliphatic carbocycles. The summed E-state index contributed by atoms with van der Waals surface area (Å²) in [4.78, 5) is 0. The first-order valence-electron chi connectivity index (χ1n) is 6.01. The first-order chi connectivity index (χ1) is 8.27. The van der Waals surface area contributed by atoms with Gasteiger partial charge in [-0.25, -0.2) is 0 Å². The molecular formula is C14H20N2S. The van der Waals surface area contributed by atoms with Crippen LogP contribution in [0.25, 0.3) is 0 Å². The number of thioether (sulfide) groups is 1. The van der Waals surface area contributed by atoms with E-state index < -0.39 is 0 Å². The second kappa shape index (κ2) is 8.03. The highest BCUT2D eigenvalue weighted by Crippen LogP contribution is 2.16. The van der Waals surface area contributed by atoms with E-state index >= 15 is 0 Å². The lowest BCUT2D eigenvalue weighted by Crippen LogP contribution is -2.03. The lowest BCUT2D eigenvalue weighted by molar-refractivity contribution is 0.749. The maximum atomic E-state index is 8.99. The van der Waals surface area contributed by atoms with E-state index in [0.717, 1.165) is 17.8 Å². The van der Waals surface area contributed by atoms with E-state index in [1.807, 2.05) is 36.9 Å². The third-order valence-electron chi connectivity index (χ3n) is 2.64. The number of hydrogen-bond donors (Lipinski definition) is 1. The molecule has 1 N–H and O–H groups in total. The monoisotopic (exact) mass is 248 g/mol. The fraction of sp³-hybridized carbons (Fsp3) is 0.500. The van der Waals surface area contributed by atoms with Crippen LogP contribution in [0.3, 0.4) is 0 Å². The highest BCUT2D eigenvalue weighted by Gasteiger charge is 2.00. The molecule has 0 heterocycles. The van der Waals surface area contributed by atoms with Gasteiger partial charge in [0.1, 0.15) is 6.07 Å². The van der Waals surface area contributed by atoms with Gasteiger partial charge in [-0.3, -0.25) is 0 Å². The average molecular weight is 248 g/mol. The third-order valence-corrected chi connectivity index (χ3v) is 3.33. The Morgan fingerprint density at radius 2 is 2.12 bits per heavy atom. The summed E-state index contributed by atoms with van der Waals surface area (Å²) in [6.45, 7) is 3.00. The molecule has 0 aliphatic rings. The Kier molecular flexibility index (Phi) is 6.57. The summed E-state index contributed by atoms with van der Waals surface area (Å²) < 4.78 is 0. The second-order valence-corrected chi connectivity index (χ2v) is 5.13. The van der Waals surface area contributed by atoms with Gasteiger partial charge in [0.15, 0.2) is 0 Å². The number of unbranched alkanes of at least 4 members (excludes halogenated alkanes) is 2. The SMILES string of the molecule is CSCCCCCNc1cc(C)ccc1C#N. The Balaban J connectivity index is 2.36. The molecule has 0 spiro atoms. The maximum Gasteiger partial charge on any atom is 0.101 e. The van der Waals surface area contributed by atoms with Gasteiger partial charge in [0.05, 0.1) is 11.3 Å². The number of hydrogen-bond acceptors (Lipinski definition) is 3. The number of aryl methyl sites for hydroxylation is 1. The molecule has 1 rings (SSSR count). The van der Waals surface area contributed by atoms with Crippen LogP contribution in [0.15, 0.2) is 18.2 Å². The Morgan fingerprint density at radius 3 is 2.82 bits per heavy atom. The van der Waals surface area contributed by atoms with E-state index in [1.165, 1.54) is 30.6 Å². The standard InChI is InChI=1S/C14H20N2S/c1-12-6-7-13(11-15)14(10-12)16-8-4-3-5-9-17-2/h6-7,10,16H,3-5,8-9H2,1-2H3. The van der Waals surface area contributed by atoms with E-state index in [1.54, 1.807) is 0 Å². The number of nitriles is 1. The van der Waals surface area contributed by atoms with Gasteiger partial charge in [0.25, 0.3) is 0 Å². The van der Waals surface area contributed by atoms with Crippen LogP contribution in [0.1, 0.15) is 30.4 Å². The van der Waals surface area contributed by atoms with Crippen molar-refractivity contribution in [3.05, 3.63) is 29.3 Å². The van der Waals surface area contributed by atoms with Crippen LogP contribution in [0.4, 0.5) is 5.69 Å². The number of rotatable bonds is 7. The van der Waals surface area contributed by atoms with Gasteiger partial charge in [-0.05, 0) is 49.5 Å². The normalized spacial score (nSPS) is 9.94. The van der Waals surface area contributed by atoms with Crippen molar-refractivity contribution in [3.63, 3.8) is 0 Å². The fourth-order valence-corrected chi connectivity index (χ4v) is 2.17. The zero-order valence-corrected chi connectivity index (χ0v) is 11.4. The third kappa shape index (κ3) is 5.14. The van der Waals surface area contributed by atoms with Crippen LogP contribution in [-0.2, 0) is 0 Å². The Bertz CT molecular complexity index is 382. The molecule has 0 saturated carbocycles. The molecular weight excluding hydrogens is 228 g/mol. The van der Waals surface area contributed by atoms with E-state index in [4.69, 9.17) is 5.26 Å². The van der Waals surface area contributed by atoms with Gasteiger partial charge in [0, 0.05) is 6.54 Å². The fourth-order valence-electron chi connectivity index (χ4n) is 1.67. The average Bonchev–Trinajstić information content (AvgIpc) is 2.34. The molecule has 0 fully saturated rings. The molecule has 0 bridgehead atoms. The Hall–Kier alpha value is -1.14. The van der Waals surface area contributed by atoms with E-state index in [9.17, 15) is 0 Å². The Labute approximate surface area is 108 Å². The minimum absolute atomic E-state index is 0.736. The van der Waals surface area contributed by atoms with Gasteiger partial charge >= 0.3 is 0 Å². The molecule has 1 aromatic rings. The predicted molar refractivity (Wildman–Crippen MR) is 76.6 cm³/mol. The van der Waals surface area contributed by atoms with Gasteiger partial charge in [-0.1, -0.05) is 12.5 Å². The summed E-state index contributed by atoms with van der Waals surface area (Å²) in [5, 5.41) is 12.3. The van der Waals surface area contributed by atoms with Crippen molar-refractivity contribution in [2.75, 3.05) is 23.9 Å². The molecule has 0 saturated heterocycles. The molecule has 0 atom stereocenters. The minimum Gasteiger partial charge on any atom is -0.384 e. The smallest absolute Gasteiger partial charge is 0.101 e. The molecule has 0 aliphatic heterocycles. The molecule has 0 unspecified atom stereocenters. The van der Waals surface area contributed by atoms with Crippen molar-refractivity contribution in [3.8, 4) is 6.07 Å². The molecule has 0 amide bonds. The molecule has 2 nitrogen and oxygen atoms in total. The van der Waals surface area contributed by atoms with Crippen molar-refractivity contribution in [2.45, 2.75) is 26.2 Å². The Morgan fingerprint density at radius 1 is 1.29 bits per heavy atom. The van der Waals surface area contributed by atoms with Crippen LogP contribution in [-0.4, -0.2) is 18.6 Å². The van der Waals surface area contributed by atoms with Crippen LogP contribution in [0, 0.1) is 18.3 Å². The summed E-state index contributed by atoms with van der Waals surface area (Å²) >= 11 is 1.90. The van der Waals surface area contributed by atoms with Crippen LogP contribution < -0.4 is 5.32 Å². The molecule has 17 heavy (non-hydrogen) atoms. The van der Waals surface area contributed by atoms with Crippen LogP contribution in [0.5, 0.6) is 0 Å². The lowest BCUT2D eigenvalue weighted by atomic mass is 10.1. The van der Waals surface area contributed by atoms with Crippen molar-refractivity contribution in [1.29, 1.82) is 5.26 Å². The maximum absolute atomic E-state index is 8.99. The van der Waals surface area contributed by atoms with Gasteiger partial charge in [-0.2, -0.15) is 17.0 Å². The highest BCUT2D eigenvalue weighted by molar-refractivity contribution is 7.98. The first kappa shape index (κ1) is 13.9. The number of nitrogens with one attached hydrogen (secondary N) is 1. The first-order valence-corrected chi connectivity index (χ1v) is 7.41. The van der Waals surface area contributed by atoms with Crippen LogP contribution >= 0.6 is 11.8 Å². The van der Waals surface area contributed by atoms with Gasteiger partial charge in [-0.15, -0.1) is 0 Å². The summed E-state index contributed by atoms with van der Waals surface area (Å²) in [7, 11) is 0. The van der Waals surface area contributed by atoms with Gasteiger partial charge < -0.3 is 5.32 Å². The lowest BCUT2D eigenvalue weighted by Gasteiger charge is -2.08. The minimum atomic E-state index is 0.736. The van der Waals surface area contributed by atoms with Crippen molar-refractivity contribution < 1.29 is 0 Å².